The highest BCUT2D eigenvalue weighted by molar-refractivity contribution is 6.00. The molecule has 0 atom stereocenters. The van der Waals surface area contributed by atoms with E-state index in [1.54, 1.807) is 12.3 Å². The molecule has 4 rings (SSSR count). The normalized spacial score (nSPS) is 14.6. The summed E-state index contributed by atoms with van der Waals surface area (Å²) in [5.41, 5.74) is 4.13. The molecule has 3 aromatic rings. The van der Waals surface area contributed by atoms with Crippen molar-refractivity contribution < 1.29 is 9.18 Å². The van der Waals surface area contributed by atoms with Gasteiger partial charge in [-0.1, -0.05) is 12.1 Å². The third-order valence-corrected chi connectivity index (χ3v) is 4.69. The summed E-state index contributed by atoms with van der Waals surface area (Å²) in [6.07, 6.45) is 6.73. The lowest BCUT2D eigenvalue weighted by molar-refractivity contribution is 0.101. The maximum atomic E-state index is 14.1. The Morgan fingerprint density at radius 3 is 2.92 bits per heavy atom. The van der Waals surface area contributed by atoms with Gasteiger partial charge in [0, 0.05) is 36.4 Å². The Bertz CT molecular complexity index is 990. The van der Waals surface area contributed by atoms with Crippen molar-refractivity contribution in [3.05, 3.63) is 65.7 Å². The lowest BCUT2D eigenvalue weighted by Gasteiger charge is -2.30. The van der Waals surface area contributed by atoms with Gasteiger partial charge >= 0.3 is 0 Å². The summed E-state index contributed by atoms with van der Waals surface area (Å²) in [7, 11) is 0. The van der Waals surface area contributed by atoms with Gasteiger partial charge in [-0.15, -0.1) is 0 Å². The summed E-state index contributed by atoms with van der Waals surface area (Å²) < 4.78 is 14.1. The maximum absolute atomic E-state index is 14.1. The van der Waals surface area contributed by atoms with E-state index < -0.39 is 5.82 Å². The summed E-state index contributed by atoms with van der Waals surface area (Å²) in [5.74, 6) is -0.701. The molecule has 0 amide bonds. The Balaban J connectivity index is 1.65. The number of fused-ring (bicyclic) bond motifs is 1. The van der Waals surface area contributed by atoms with E-state index in [9.17, 15) is 9.18 Å². The molecular weight excluding hydrogens is 317 g/mol. The molecule has 1 aromatic carbocycles. The van der Waals surface area contributed by atoms with Crippen LogP contribution in [0.15, 0.2) is 48.8 Å². The topological polar surface area (TPSA) is 49.0 Å². The van der Waals surface area contributed by atoms with Gasteiger partial charge in [0.05, 0.1) is 11.3 Å². The smallest absolute Gasteiger partial charge is 0.164 e. The summed E-state index contributed by atoms with van der Waals surface area (Å²) >= 11 is 0. The van der Waals surface area contributed by atoms with Crippen LogP contribution in [0.4, 0.5) is 10.1 Å². The number of pyridine rings is 1. The third kappa shape index (κ3) is 2.71. The Morgan fingerprint density at radius 2 is 2.16 bits per heavy atom. The fraction of sp³-hybridized carbons (Fsp3) is 0.200. The summed E-state index contributed by atoms with van der Waals surface area (Å²) in [6.45, 7) is 2.79. The van der Waals surface area contributed by atoms with Crippen molar-refractivity contribution in [2.24, 2.45) is 0 Å². The molecule has 25 heavy (non-hydrogen) atoms. The Morgan fingerprint density at radius 1 is 1.28 bits per heavy atom. The lowest BCUT2D eigenvalue weighted by Crippen LogP contribution is -2.29. The van der Waals surface area contributed by atoms with Crippen molar-refractivity contribution >= 4 is 28.1 Å². The molecule has 4 nitrogen and oxygen atoms in total. The van der Waals surface area contributed by atoms with Gasteiger partial charge in [0.1, 0.15) is 11.5 Å². The van der Waals surface area contributed by atoms with Crippen LogP contribution in [0.5, 0.6) is 0 Å². The minimum Gasteiger partial charge on any atom is -0.367 e. The van der Waals surface area contributed by atoms with Gasteiger partial charge in [-0.3, -0.25) is 4.79 Å². The number of hydrogen-bond donors (Lipinski definition) is 1. The monoisotopic (exact) mass is 335 g/mol. The molecule has 5 heteroatoms. The average molecular weight is 335 g/mol. The van der Waals surface area contributed by atoms with Gasteiger partial charge in [0.25, 0.3) is 0 Å². The SMILES string of the molecule is CC(=O)c1c(F)cccc1N1CC=C(c2c[nH]c3ncccc23)CC1. The van der Waals surface area contributed by atoms with Gasteiger partial charge in [-0.25, -0.2) is 9.37 Å². The maximum Gasteiger partial charge on any atom is 0.164 e. The number of aromatic amines is 1. The minimum atomic E-state index is -0.456. The number of H-pyrrole nitrogens is 1. The van der Waals surface area contributed by atoms with Crippen LogP contribution in [0, 0.1) is 5.82 Å². The predicted octanol–water partition coefficient (Wildman–Crippen LogP) is 4.20. The average Bonchev–Trinajstić information content (AvgIpc) is 3.05. The zero-order valence-electron chi connectivity index (χ0n) is 13.9. The fourth-order valence-corrected chi connectivity index (χ4v) is 3.48. The molecule has 126 valence electrons. The first-order valence-electron chi connectivity index (χ1n) is 8.31. The van der Waals surface area contributed by atoms with Crippen LogP contribution < -0.4 is 4.90 Å². The summed E-state index contributed by atoms with van der Waals surface area (Å²) in [4.78, 5) is 21.4. The number of benzene rings is 1. The molecule has 0 saturated heterocycles. The van der Waals surface area contributed by atoms with Crippen LogP contribution in [-0.2, 0) is 0 Å². The van der Waals surface area contributed by atoms with Gasteiger partial charge in [-0.2, -0.15) is 0 Å². The number of carbonyl (C=O) groups excluding carboxylic acids is 1. The van der Waals surface area contributed by atoms with Crippen molar-refractivity contribution in [1.29, 1.82) is 0 Å². The van der Waals surface area contributed by atoms with Crippen LogP contribution in [0.3, 0.4) is 0 Å². The highest BCUT2D eigenvalue weighted by Gasteiger charge is 2.21. The first-order chi connectivity index (χ1) is 12.1. The van der Waals surface area contributed by atoms with E-state index in [0.717, 1.165) is 29.6 Å². The first kappa shape index (κ1) is 15.6. The van der Waals surface area contributed by atoms with E-state index in [-0.39, 0.29) is 11.3 Å². The number of hydrogen-bond acceptors (Lipinski definition) is 3. The van der Waals surface area contributed by atoms with E-state index in [1.807, 2.05) is 18.3 Å². The second-order valence-electron chi connectivity index (χ2n) is 6.22. The highest BCUT2D eigenvalue weighted by atomic mass is 19.1. The van der Waals surface area contributed by atoms with Crippen LogP contribution >= 0.6 is 0 Å². The minimum absolute atomic E-state index is 0.177. The number of nitrogens with one attached hydrogen (secondary N) is 1. The van der Waals surface area contributed by atoms with Gasteiger partial charge in [0.15, 0.2) is 5.78 Å². The molecule has 0 fully saturated rings. The Kier molecular flexibility index (Phi) is 3.84. The standard InChI is InChI=1S/C20H18FN3O/c1-13(25)19-17(21)5-2-6-18(19)24-10-7-14(8-11-24)16-12-23-20-15(16)4-3-9-22-20/h2-7,9,12H,8,10-11H2,1H3,(H,22,23). The van der Waals surface area contributed by atoms with Crippen molar-refractivity contribution in [3.63, 3.8) is 0 Å². The second-order valence-corrected chi connectivity index (χ2v) is 6.22. The number of carbonyl (C=O) groups is 1. The van der Waals surface area contributed by atoms with E-state index in [1.165, 1.54) is 18.6 Å². The molecular formula is C20H18FN3O. The quantitative estimate of drug-likeness (QED) is 0.730. The van der Waals surface area contributed by atoms with Gasteiger partial charge in [-0.05, 0) is 43.2 Å². The van der Waals surface area contributed by atoms with Crippen molar-refractivity contribution in [1.82, 2.24) is 9.97 Å². The fourth-order valence-electron chi connectivity index (χ4n) is 3.48. The molecule has 0 aliphatic carbocycles. The van der Waals surface area contributed by atoms with Gasteiger partial charge < -0.3 is 9.88 Å². The second kappa shape index (κ2) is 6.16. The third-order valence-electron chi connectivity index (χ3n) is 4.69. The van der Waals surface area contributed by atoms with E-state index in [2.05, 4.69) is 27.0 Å². The molecule has 2 aromatic heterocycles. The van der Waals surface area contributed by atoms with E-state index in [0.29, 0.717) is 12.2 Å². The van der Waals surface area contributed by atoms with Crippen molar-refractivity contribution in [2.45, 2.75) is 13.3 Å². The zero-order valence-corrected chi connectivity index (χ0v) is 13.9. The number of Topliss-reactive ketones (excluding diaryl/α,β-unsaturated/α-hetero) is 1. The summed E-state index contributed by atoms with van der Waals surface area (Å²) in [5, 5.41) is 1.11. The molecule has 0 unspecified atom stereocenters. The largest absolute Gasteiger partial charge is 0.367 e. The van der Waals surface area contributed by atoms with Crippen LogP contribution in [0.1, 0.15) is 29.3 Å². The molecule has 0 bridgehead atoms. The van der Waals surface area contributed by atoms with Crippen molar-refractivity contribution in [2.75, 3.05) is 18.0 Å². The molecule has 0 saturated carbocycles. The lowest BCUT2D eigenvalue weighted by atomic mass is 9.98. The number of anilines is 1. The number of halogens is 1. The summed E-state index contributed by atoms with van der Waals surface area (Å²) in [6, 6.07) is 8.80. The van der Waals surface area contributed by atoms with Crippen LogP contribution in [0.25, 0.3) is 16.6 Å². The number of ketones is 1. The van der Waals surface area contributed by atoms with Gasteiger partial charge in [0.2, 0.25) is 0 Å². The molecule has 0 radical (unpaired) electrons. The highest BCUT2D eigenvalue weighted by Crippen LogP contribution is 2.31. The zero-order chi connectivity index (χ0) is 17.4. The first-order valence-corrected chi connectivity index (χ1v) is 8.31. The number of nitrogens with zero attached hydrogens (tertiary/aromatic N) is 2. The van der Waals surface area contributed by atoms with E-state index in [4.69, 9.17) is 0 Å². The Labute approximate surface area is 145 Å². The predicted molar refractivity (Wildman–Crippen MR) is 97.3 cm³/mol. The van der Waals surface area contributed by atoms with Crippen LogP contribution in [-0.4, -0.2) is 28.8 Å². The van der Waals surface area contributed by atoms with E-state index >= 15 is 0 Å². The number of rotatable bonds is 3. The molecule has 1 N–H and O–H groups in total. The molecule has 3 heterocycles. The van der Waals surface area contributed by atoms with Crippen molar-refractivity contribution in [3.8, 4) is 0 Å². The molecule has 1 aliphatic rings. The van der Waals surface area contributed by atoms with Crippen LogP contribution in [0.2, 0.25) is 0 Å². The molecule has 1 aliphatic heterocycles. The molecule has 0 spiro atoms. The Hall–Kier alpha value is -2.95. The number of aromatic nitrogens is 2.